The molecule has 0 radical (unpaired) electrons. The van der Waals surface area contributed by atoms with Crippen molar-refractivity contribution in [2.75, 3.05) is 11.9 Å². The Morgan fingerprint density at radius 3 is 2.68 bits per heavy atom. The standard InChI is InChI=1S/C17H24ClFN4O2/c1-17(2,3)25-16(24)23-10-5-6-11(23)15(19)12(7-10)22(4)14-9-20-13(18)8-21-14/h8-12,15H,5-7H2,1-4H3/t10-,11+,12-,15+/m1/s1. The molecule has 8 heteroatoms. The predicted octanol–water partition coefficient (Wildman–Crippen LogP) is 3.44. The summed E-state index contributed by atoms with van der Waals surface area (Å²) in [5.41, 5.74) is -0.588. The number of hydrogen-bond donors (Lipinski definition) is 0. The van der Waals surface area contributed by atoms with E-state index in [4.69, 9.17) is 16.3 Å². The van der Waals surface area contributed by atoms with Gasteiger partial charge < -0.3 is 9.64 Å². The number of anilines is 1. The maximum absolute atomic E-state index is 15.2. The van der Waals surface area contributed by atoms with Crippen molar-refractivity contribution in [3.8, 4) is 0 Å². The van der Waals surface area contributed by atoms with E-state index in [9.17, 15) is 4.79 Å². The molecule has 2 bridgehead atoms. The lowest BCUT2D eigenvalue weighted by Crippen LogP contribution is -2.59. The zero-order valence-electron chi connectivity index (χ0n) is 14.9. The van der Waals surface area contributed by atoms with Gasteiger partial charge >= 0.3 is 6.09 Å². The van der Waals surface area contributed by atoms with Crippen LogP contribution >= 0.6 is 11.6 Å². The van der Waals surface area contributed by atoms with E-state index in [1.165, 1.54) is 12.4 Å². The Kier molecular flexibility index (Phi) is 4.79. The van der Waals surface area contributed by atoms with E-state index in [-0.39, 0.29) is 12.1 Å². The number of fused-ring (bicyclic) bond motifs is 2. The van der Waals surface area contributed by atoms with Gasteiger partial charge in [-0.15, -0.1) is 0 Å². The molecule has 138 valence electrons. The van der Waals surface area contributed by atoms with Gasteiger partial charge in [0.15, 0.2) is 0 Å². The van der Waals surface area contributed by atoms with Crippen molar-refractivity contribution in [1.29, 1.82) is 0 Å². The van der Waals surface area contributed by atoms with Gasteiger partial charge in [0.05, 0.1) is 24.5 Å². The molecule has 0 aromatic carbocycles. The molecule has 3 heterocycles. The first kappa shape index (κ1) is 18.2. The fourth-order valence-electron chi connectivity index (χ4n) is 3.75. The van der Waals surface area contributed by atoms with Gasteiger partial charge in [-0.05, 0) is 40.0 Å². The number of ether oxygens (including phenoxy) is 1. The quantitative estimate of drug-likeness (QED) is 0.798. The number of aromatic nitrogens is 2. The zero-order chi connectivity index (χ0) is 18.4. The molecule has 1 aromatic rings. The van der Waals surface area contributed by atoms with Gasteiger partial charge in [0.25, 0.3) is 0 Å². The maximum atomic E-state index is 15.2. The van der Waals surface area contributed by atoms with E-state index in [1.54, 1.807) is 16.8 Å². The summed E-state index contributed by atoms with van der Waals surface area (Å²) in [5, 5.41) is 0.300. The average Bonchev–Trinajstić information content (AvgIpc) is 2.87. The van der Waals surface area contributed by atoms with Crippen LogP contribution in [0.15, 0.2) is 12.4 Å². The van der Waals surface area contributed by atoms with Gasteiger partial charge in [-0.25, -0.2) is 19.2 Å². The summed E-state index contributed by atoms with van der Waals surface area (Å²) >= 11 is 5.77. The summed E-state index contributed by atoms with van der Waals surface area (Å²) in [6.07, 6.45) is 3.38. The smallest absolute Gasteiger partial charge is 0.410 e. The Morgan fingerprint density at radius 2 is 2.08 bits per heavy atom. The first-order valence-electron chi connectivity index (χ1n) is 8.53. The van der Waals surface area contributed by atoms with Crippen molar-refractivity contribution < 1.29 is 13.9 Å². The van der Waals surface area contributed by atoms with E-state index >= 15 is 4.39 Å². The third kappa shape index (κ3) is 3.66. The average molecular weight is 371 g/mol. The lowest BCUT2D eigenvalue weighted by Gasteiger charge is -2.44. The molecule has 0 N–H and O–H groups in total. The second-order valence-electron chi connectivity index (χ2n) is 7.74. The van der Waals surface area contributed by atoms with Crippen molar-refractivity contribution in [2.45, 2.75) is 69.9 Å². The van der Waals surface area contributed by atoms with Crippen LogP contribution in [0.1, 0.15) is 40.0 Å². The molecule has 3 rings (SSSR count). The van der Waals surface area contributed by atoms with E-state index < -0.39 is 23.9 Å². The van der Waals surface area contributed by atoms with Gasteiger partial charge in [0.1, 0.15) is 22.7 Å². The third-order valence-corrected chi connectivity index (χ3v) is 5.06. The summed E-state index contributed by atoms with van der Waals surface area (Å²) in [5.74, 6) is 0.571. The summed E-state index contributed by atoms with van der Waals surface area (Å²) in [4.78, 5) is 24.1. The molecule has 6 nitrogen and oxygen atoms in total. The summed E-state index contributed by atoms with van der Waals surface area (Å²) in [7, 11) is 1.80. The van der Waals surface area contributed by atoms with E-state index in [0.717, 1.165) is 6.42 Å². The predicted molar refractivity (Wildman–Crippen MR) is 93.6 cm³/mol. The van der Waals surface area contributed by atoms with Crippen molar-refractivity contribution in [1.82, 2.24) is 14.9 Å². The number of piperidine rings is 1. The fourth-order valence-corrected chi connectivity index (χ4v) is 3.85. The summed E-state index contributed by atoms with van der Waals surface area (Å²) in [6, 6.07) is -0.826. The number of hydrogen-bond acceptors (Lipinski definition) is 5. The van der Waals surface area contributed by atoms with Crippen LogP contribution in [-0.4, -0.2) is 57.9 Å². The highest BCUT2D eigenvalue weighted by Gasteiger charge is 2.52. The zero-order valence-corrected chi connectivity index (χ0v) is 15.7. The SMILES string of the molecule is CN(c1cnc(Cl)cn1)[C@@H]1C[C@H]2CC[C@@H]([C@@H]1F)N2C(=O)OC(C)(C)C. The van der Waals surface area contributed by atoms with Gasteiger partial charge in [0.2, 0.25) is 0 Å². The Labute approximate surface area is 152 Å². The van der Waals surface area contributed by atoms with Crippen molar-refractivity contribution in [3.05, 3.63) is 17.5 Å². The van der Waals surface area contributed by atoms with E-state index in [1.807, 2.05) is 20.8 Å². The van der Waals surface area contributed by atoms with Crippen LogP contribution in [0.5, 0.6) is 0 Å². The van der Waals surface area contributed by atoms with Gasteiger partial charge in [-0.3, -0.25) is 4.90 Å². The minimum Gasteiger partial charge on any atom is -0.444 e. The molecule has 2 aliphatic rings. The highest BCUT2D eigenvalue weighted by atomic mass is 35.5. The highest BCUT2D eigenvalue weighted by molar-refractivity contribution is 6.29. The molecular formula is C17H24ClFN4O2. The maximum Gasteiger partial charge on any atom is 0.410 e. The Bertz CT molecular complexity index is 637. The first-order valence-corrected chi connectivity index (χ1v) is 8.91. The number of nitrogens with zero attached hydrogens (tertiary/aromatic N) is 4. The van der Waals surface area contributed by atoms with Gasteiger partial charge in [0, 0.05) is 13.1 Å². The van der Waals surface area contributed by atoms with Crippen LogP contribution in [0, 0.1) is 0 Å². The number of halogens is 2. The lowest BCUT2D eigenvalue weighted by molar-refractivity contribution is -0.0103. The van der Waals surface area contributed by atoms with E-state index in [2.05, 4.69) is 9.97 Å². The molecule has 0 saturated carbocycles. The van der Waals surface area contributed by atoms with Crippen LogP contribution in [0.3, 0.4) is 0 Å². The molecular weight excluding hydrogens is 347 g/mol. The van der Waals surface area contributed by atoms with Gasteiger partial charge in [-0.1, -0.05) is 11.6 Å². The van der Waals surface area contributed by atoms with Gasteiger partial charge in [-0.2, -0.15) is 0 Å². The molecule has 0 aliphatic carbocycles. The normalized spacial score (nSPS) is 28.8. The van der Waals surface area contributed by atoms with Crippen LogP contribution in [0.25, 0.3) is 0 Å². The molecule has 2 fully saturated rings. The van der Waals surface area contributed by atoms with Crippen LogP contribution in [-0.2, 0) is 4.74 Å². The fraction of sp³-hybridized carbons (Fsp3) is 0.706. The second-order valence-corrected chi connectivity index (χ2v) is 8.13. The minimum atomic E-state index is -1.17. The number of alkyl halides is 1. The third-order valence-electron chi connectivity index (χ3n) is 4.86. The van der Waals surface area contributed by atoms with Crippen molar-refractivity contribution >= 4 is 23.5 Å². The number of carbonyl (C=O) groups excluding carboxylic acids is 1. The Morgan fingerprint density at radius 1 is 1.36 bits per heavy atom. The molecule has 2 aliphatic heterocycles. The molecule has 25 heavy (non-hydrogen) atoms. The van der Waals surface area contributed by atoms with Crippen molar-refractivity contribution in [3.63, 3.8) is 0 Å². The lowest BCUT2D eigenvalue weighted by atomic mass is 9.94. The monoisotopic (exact) mass is 370 g/mol. The highest BCUT2D eigenvalue weighted by Crippen LogP contribution is 2.40. The molecule has 2 saturated heterocycles. The first-order chi connectivity index (χ1) is 11.7. The minimum absolute atomic E-state index is 0.0143. The summed E-state index contributed by atoms with van der Waals surface area (Å²) < 4.78 is 20.7. The molecule has 0 unspecified atom stereocenters. The topological polar surface area (TPSA) is 58.6 Å². The van der Waals surface area contributed by atoms with Crippen LogP contribution in [0.4, 0.5) is 15.0 Å². The van der Waals surface area contributed by atoms with E-state index in [0.29, 0.717) is 23.8 Å². The molecule has 4 atom stereocenters. The molecule has 0 spiro atoms. The van der Waals surface area contributed by atoms with Crippen LogP contribution in [0.2, 0.25) is 5.15 Å². The number of rotatable bonds is 2. The Hall–Kier alpha value is -1.63. The number of amides is 1. The number of carbonyl (C=O) groups is 1. The Balaban J connectivity index is 1.76. The van der Waals surface area contributed by atoms with Crippen LogP contribution < -0.4 is 4.90 Å². The largest absolute Gasteiger partial charge is 0.444 e. The molecule has 1 aromatic heterocycles. The summed E-state index contributed by atoms with van der Waals surface area (Å²) in [6.45, 7) is 5.46. The molecule has 1 amide bonds. The van der Waals surface area contributed by atoms with Crippen molar-refractivity contribution in [2.24, 2.45) is 0 Å². The second kappa shape index (κ2) is 6.59.